The van der Waals surface area contributed by atoms with Gasteiger partial charge >= 0.3 is 0 Å². The molecule has 0 aliphatic heterocycles. The quantitative estimate of drug-likeness (QED) is 0.836. The summed E-state index contributed by atoms with van der Waals surface area (Å²) in [6, 6.07) is 0. The minimum atomic E-state index is 0.541. The van der Waals surface area contributed by atoms with Crippen LogP contribution >= 0.6 is 22.7 Å². The summed E-state index contributed by atoms with van der Waals surface area (Å²) < 4.78 is 0. The highest BCUT2D eigenvalue weighted by atomic mass is 32.1. The molecular formula is C13H20N4S2. The van der Waals surface area contributed by atoms with Crippen LogP contribution in [0.1, 0.15) is 54.4 Å². The first kappa shape index (κ1) is 14.4. The zero-order valence-corrected chi connectivity index (χ0v) is 13.3. The third-order valence-electron chi connectivity index (χ3n) is 3.12. The Hall–Kier alpha value is -1.01. The summed E-state index contributed by atoms with van der Waals surface area (Å²) in [7, 11) is 0. The first-order valence-corrected chi connectivity index (χ1v) is 8.40. The maximum Gasteiger partial charge on any atom is 0.206 e. The van der Waals surface area contributed by atoms with E-state index in [9.17, 15) is 0 Å². The van der Waals surface area contributed by atoms with Crippen molar-refractivity contribution in [1.29, 1.82) is 0 Å². The fourth-order valence-electron chi connectivity index (χ4n) is 1.85. The summed E-state index contributed by atoms with van der Waals surface area (Å²) in [6.07, 6.45) is 5.25. The Morgan fingerprint density at radius 1 is 1.16 bits per heavy atom. The maximum absolute atomic E-state index is 4.39. The van der Waals surface area contributed by atoms with E-state index in [1.54, 1.807) is 22.7 Å². The Morgan fingerprint density at radius 2 is 1.95 bits per heavy atom. The van der Waals surface area contributed by atoms with Crippen molar-refractivity contribution in [3.8, 4) is 0 Å². The van der Waals surface area contributed by atoms with Gasteiger partial charge in [-0.25, -0.2) is 4.98 Å². The molecule has 2 aromatic rings. The molecule has 1 N–H and O–H groups in total. The second kappa shape index (κ2) is 6.96. The van der Waals surface area contributed by atoms with E-state index in [1.807, 2.05) is 6.20 Å². The maximum atomic E-state index is 4.39. The predicted octanol–water partition coefficient (Wildman–Crippen LogP) is 4.07. The van der Waals surface area contributed by atoms with Crippen LogP contribution in [-0.2, 0) is 13.0 Å². The van der Waals surface area contributed by atoms with Gasteiger partial charge in [0.05, 0.1) is 6.54 Å². The molecule has 0 amide bonds. The predicted molar refractivity (Wildman–Crippen MR) is 82.1 cm³/mol. The fraction of sp³-hybridized carbons (Fsp3) is 0.615. The van der Waals surface area contributed by atoms with Crippen molar-refractivity contribution in [3.63, 3.8) is 0 Å². The lowest BCUT2D eigenvalue weighted by Gasteiger charge is -2.05. The highest BCUT2D eigenvalue weighted by molar-refractivity contribution is 7.15. The molecule has 0 unspecified atom stereocenters. The zero-order valence-electron chi connectivity index (χ0n) is 11.6. The van der Waals surface area contributed by atoms with Crippen LogP contribution < -0.4 is 5.32 Å². The van der Waals surface area contributed by atoms with Gasteiger partial charge in [-0.15, -0.1) is 21.5 Å². The van der Waals surface area contributed by atoms with Crippen LogP contribution in [0.3, 0.4) is 0 Å². The third kappa shape index (κ3) is 3.73. The first-order chi connectivity index (χ1) is 9.26. The minimum absolute atomic E-state index is 0.541. The van der Waals surface area contributed by atoms with E-state index in [0.29, 0.717) is 5.92 Å². The minimum Gasteiger partial charge on any atom is -0.354 e. The fourth-order valence-corrected chi connectivity index (χ4v) is 3.66. The lowest BCUT2D eigenvalue weighted by atomic mass is 10.1. The van der Waals surface area contributed by atoms with Crippen LogP contribution in [0.15, 0.2) is 6.20 Å². The van der Waals surface area contributed by atoms with Gasteiger partial charge in [0.25, 0.3) is 0 Å². The molecule has 0 radical (unpaired) electrons. The van der Waals surface area contributed by atoms with E-state index in [1.165, 1.54) is 4.88 Å². The van der Waals surface area contributed by atoms with Crippen LogP contribution in [0.25, 0.3) is 0 Å². The van der Waals surface area contributed by atoms with E-state index in [-0.39, 0.29) is 0 Å². The van der Waals surface area contributed by atoms with Gasteiger partial charge in [-0.3, -0.25) is 0 Å². The normalized spacial score (nSPS) is 11.2. The Bertz CT molecular complexity index is 502. The van der Waals surface area contributed by atoms with Gasteiger partial charge in [-0.05, 0) is 19.3 Å². The molecule has 0 spiro atoms. The van der Waals surface area contributed by atoms with Crippen molar-refractivity contribution in [2.45, 2.75) is 52.5 Å². The lowest BCUT2D eigenvalue weighted by Crippen LogP contribution is -1.97. The second-order valence-corrected chi connectivity index (χ2v) is 6.60. The Labute approximate surface area is 122 Å². The molecule has 6 heteroatoms. The van der Waals surface area contributed by atoms with Crippen LogP contribution in [0.2, 0.25) is 0 Å². The van der Waals surface area contributed by atoms with E-state index in [4.69, 9.17) is 0 Å². The average molecular weight is 296 g/mol. The summed E-state index contributed by atoms with van der Waals surface area (Å²) >= 11 is 3.42. The summed E-state index contributed by atoms with van der Waals surface area (Å²) in [4.78, 5) is 5.71. The van der Waals surface area contributed by atoms with Crippen molar-refractivity contribution >= 4 is 27.8 Å². The summed E-state index contributed by atoms with van der Waals surface area (Å²) in [5.41, 5.74) is 0. The van der Waals surface area contributed by atoms with E-state index in [2.05, 4.69) is 41.3 Å². The molecule has 19 heavy (non-hydrogen) atoms. The highest BCUT2D eigenvalue weighted by Gasteiger charge is 2.13. The van der Waals surface area contributed by atoms with Gasteiger partial charge in [0.1, 0.15) is 10.0 Å². The molecule has 0 saturated carbocycles. The van der Waals surface area contributed by atoms with Crippen molar-refractivity contribution in [2.75, 3.05) is 5.32 Å². The first-order valence-electron chi connectivity index (χ1n) is 6.77. The van der Waals surface area contributed by atoms with Crippen molar-refractivity contribution in [2.24, 2.45) is 0 Å². The van der Waals surface area contributed by atoms with Crippen LogP contribution in [0, 0.1) is 0 Å². The monoisotopic (exact) mass is 296 g/mol. The van der Waals surface area contributed by atoms with Gasteiger partial charge in [0, 0.05) is 17.0 Å². The lowest BCUT2D eigenvalue weighted by molar-refractivity contribution is 0.630. The number of hydrogen-bond acceptors (Lipinski definition) is 6. The molecule has 0 aromatic carbocycles. The number of anilines is 1. The molecule has 0 aliphatic rings. The number of aromatic nitrogens is 3. The SMILES string of the molecule is CCc1cnc(CNc2nnc(C(CC)CC)s2)s1. The average Bonchev–Trinajstić information content (AvgIpc) is 3.06. The molecule has 2 aromatic heterocycles. The summed E-state index contributed by atoms with van der Waals surface area (Å²) in [5, 5.41) is 15.0. The van der Waals surface area contributed by atoms with Gasteiger partial charge in [-0.2, -0.15) is 0 Å². The standard InChI is InChI=1S/C13H20N4S2/c1-4-9(5-2)12-16-17-13(19-12)15-8-11-14-7-10(6-3)18-11/h7,9H,4-6,8H2,1-3H3,(H,15,17). The van der Waals surface area contributed by atoms with Crippen LogP contribution in [0.4, 0.5) is 5.13 Å². The zero-order chi connectivity index (χ0) is 13.7. The van der Waals surface area contributed by atoms with Crippen LogP contribution in [-0.4, -0.2) is 15.2 Å². The molecule has 2 heterocycles. The van der Waals surface area contributed by atoms with Gasteiger partial charge < -0.3 is 5.32 Å². The molecule has 0 bridgehead atoms. The number of rotatable bonds is 7. The van der Waals surface area contributed by atoms with Crippen molar-refractivity contribution in [1.82, 2.24) is 15.2 Å². The molecule has 0 aliphatic carbocycles. The number of nitrogens with zero attached hydrogens (tertiary/aromatic N) is 3. The summed E-state index contributed by atoms with van der Waals surface area (Å²) in [5.74, 6) is 0.541. The smallest absolute Gasteiger partial charge is 0.206 e. The Kier molecular flexibility index (Phi) is 5.27. The van der Waals surface area contributed by atoms with Gasteiger partial charge in [-0.1, -0.05) is 32.1 Å². The van der Waals surface area contributed by atoms with Crippen molar-refractivity contribution < 1.29 is 0 Å². The Balaban J connectivity index is 1.92. The van der Waals surface area contributed by atoms with Crippen LogP contribution in [0.5, 0.6) is 0 Å². The number of thiazole rings is 1. The number of hydrogen-bond donors (Lipinski definition) is 1. The molecular weight excluding hydrogens is 276 g/mol. The van der Waals surface area contributed by atoms with E-state index in [0.717, 1.165) is 41.0 Å². The molecule has 2 rings (SSSR count). The molecule has 0 saturated heterocycles. The molecule has 0 atom stereocenters. The van der Waals surface area contributed by atoms with Crippen molar-refractivity contribution in [3.05, 3.63) is 21.1 Å². The molecule has 4 nitrogen and oxygen atoms in total. The van der Waals surface area contributed by atoms with Gasteiger partial charge in [0.2, 0.25) is 5.13 Å². The molecule has 104 valence electrons. The number of nitrogens with one attached hydrogen (secondary N) is 1. The summed E-state index contributed by atoms with van der Waals surface area (Å²) in [6.45, 7) is 7.29. The second-order valence-electron chi connectivity index (χ2n) is 4.39. The molecule has 0 fully saturated rings. The Morgan fingerprint density at radius 3 is 2.58 bits per heavy atom. The van der Waals surface area contributed by atoms with Gasteiger partial charge in [0.15, 0.2) is 0 Å². The topological polar surface area (TPSA) is 50.7 Å². The largest absolute Gasteiger partial charge is 0.354 e. The third-order valence-corrected chi connectivity index (χ3v) is 5.30. The highest BCUT2D eigenvalue weighted by Crippen LogP contribution is 2.28. The number of aryl methyl sites for hydroxylation is 1. The van der Waals surface area contributed by atoms with E-state index >= 15 is 0 Å². The van der Waals surface area contributed by atoms with E-state index < -0.39 is 0 Å².